The maximum atomic E-state index is 10.7. The third kappa shape index (κ3) is 4.34. The van der Waals surface area contributed by atoms with Crippen LogP contribution in [0.4, 0.5) is 0 Å². The molecule has 3 N–H and O–H groups in total. The average molecular weight is 155 g/mol. The van der Waals surface area contributed by atoms with Gasteiger partial charge in [0.25, 0.3) is 0 Å². The Bertz CT molecular complexity index is 162. The van der Waals surface area contributed by atoms with Crippen LogP contribution in [-0.2, 0) is 4.79 Å². The molecule has 0 bridgehead atoms. The first-order valence-electron chi connectivity index (χ1n) is 3.61. The van der Waals surface area contributed by atoms with Crippen LogP contribution in [0.15, 0.2) is 0 Å². The number of carbonyl (C=O) groups excluding carboxylic acids is 1. The maximum Gasteiger partial charge on any atom is 0.233 e. The van der Waals surface area contributed by atoms with Crippen LogP contribution in [0.1, 0.15) is 19.8 Å². The van der Waals surface area contributed by atoms with Crippen molar-refractivity contribution in [3.05, 3.63) is 0 Å². The zero-order chi connectivity index (χ0) is 8.69. The van der Waals surface area contributed by atoms with Crippen LogP contribution in [0.25, 0.3) is 0 Å². The third-order valence-corrected chi connectivity index (χ3v) is 1.38. The molecular weight excluding hydrogens is 142 g/mol. The Morgan fingerprint density at radius 1 is 1.82 bits per heavy atom. The highest BCUT2D eigenvalue weighted by atomic mass is 16.1. The molecule has 4 nitrogen and oxygen atoms in total. The summed E-state index contributed by atoms with van der Waals surface area (Å²) in [7, 11) is 0. The Kier molecular flexibility index (Phi) is 5.13. The minimum atomic E-state index is -0.202. The molecule has 0 radical (unpaired) electrons. The number of nitrogens with zero attached hydrogens (tertiary/aromatic N) is 1. The van der Waals surface area contributed by atoms with E-state index in [-0.39, 0.29) is 18.5 Å². The third-order valence-electron chi connectivity index (χ3n) is 1.38. The zero-order valence-electron chi connectivity index (χ0n) is 6.63. The Labute approximate surface area is 66.4 Å². The summed E-state index contributed by atoms with van der Waals surface area (Å²) in [6.07, 6.45) is 1.11. The van der Waals surface area contributed by atoms with Gasteiger partial charge in [0.1, 0.15) is 0 Å². The van der Waals surface area contributed by atoms with Crippen molar-refractivity contribution in [3.8, 4) is 6.07 Å². The van der Waals surface area contributed by atoms with E-state index in [0.717, 1.165) is 6.42 Å². The summed E-state index contributed by atoms with van der Waals surface area (Å²) in [6, 6.07) is 1.95. The quantitative estimate of drug-likeness (QED) is 0.587. The lowest BCUT2D eigenvalue weighted by atomic mass is 10.2. The predicted molar refractivity (Wildman–Crippen MR) is 41.5 cm³/mol. The Balaban J connectivity index is 3.70. The Morgan fingerprint density at radius 3 is 2.82 bits per heavy atom. The molecule has 0 aliphatic rings. The summed E-state index contributed by atoms with van der Waals surface area (Å²) in [6.45, 7) is 1.90. The number of nitrogens with one attached hydrogen (secondary N) is 1. The van der Waals surface area contributed by atoms with Crippen molar-refractivity contribution in [3.63, 3.8) is 0 Å². The standard InChI is InChI=1S/C7H13N3O/c1-2-6(3-4-8)10-7(11)5-9/h6H,2-3,5,9H2,1H3,(H,10,11). The highest BCUT2D eigenvalue weighted by Crippen LogP contribution is 1.94. The molecule has 1 atom stereocenters. The van der Waals surface area contributed by atoms with E-state index in [1.807, 2.05) is 13.0 Å². The van der Waals surface area contributed by atoms with E-state index in [4.69, 9.17) is 11.0 Å². The SMILES string of the molecule is CCC(CC#N)NC(=O)CN. The van der Waals surface area contributed by atoms with Gasteiger partial charge in [0.05, 0.1) is 19.0 Å². The molecule has 0 aromatic rings. The number of hydrogen-bond acceptors (Lipinski definition) is 3. The van der Waals surface area contributed by atoms with E-state index in [1.54, 1.807) is 0 Å². The summed E-state index contributed by atoms with van der Waals surface area (Å²) in [5, 5.41) is 11.0. The molecule has 0 aliphatic heterocycles. The minimum Gasteiger partial charge on any atom is -0.351 e. The average Bonchev–Trinajstić information content (AvgIpc) is 2.03. The second-order valence-electron chi connectivity index (χ2n) is 2.24. The highest BCUT2D eigenvalue weighted by Gasteiger charge is 2.07. The molecular formula is C7H13N3O. The second-order valence-corrected chi connectivity index (χ2v) is 2.24. The maximum absolute atomic E-state index is 10.7. The van der Waals surface area contributed by atoms with E-state index < -0.39 is 0 Å². The van der Waals surface area contributed by atoms with Gasteiger partial charge >= 0.3 is 0 Å². The normalized spacial score (nSPS) is 11.7. The van der Waals surface area contributed by atoms with Crippen molar-refractivity contribution in [2.24, 2.45) is 5.73 Å². The molecule has 0 saturated carbocycles. The van der Waals surface area contributed by atoms with Gasteiger partial charge in [-0.3, -0.25) is 4.79 Å². The minimum absolute atomic E-state index is 0.0120. The molecule has 62 valence electrons. The number of rotatable bonds is 4. The molecule has 0 fully saturated rings. The zero-order valence-corrected chi connectivity index (χ0v) is 6.63. The van der Waals surface area contributed by atoms with Gasteiger partial charge in [-0.1, -0.05) is 6.92 Å². The lowest BCUT2D eigenvalue weighted by molar-refractivity contribution is -0.120. The van der Waals surface area contributed by atoms with Gasteiger partial charge in [-0.2, -0.15) is 5.26 Å². The van der Waals surface area contributed by atoms with Crippen LogP contribution >= 0.6 is 0 Å². The summed E-state index contributed by atoms with van der Waals surface area (Å²) < 4.78 is 0. The molecule has 1 unspecified atom stereocenters. The van der Waals surface area contributed by atoms with Crippen LogP contribution in [0, 0.1) is 11.3 Å². The first-order valence-corrected chi connectivity index (χ1v) is 3.61. The number of carbonyl (C=O) groups is 1. The topological polar surface area (TPSA) is 78.9 Å². The Morgan fingerprint density at radius 2 is 2.45 bits per heavy atom. The van der Waals surface area contributed by atoms with Crippen molar-refractivity contribution < 1.29 is 4.79 Å². The fourth-order valence-corrected chi connectivity index (χ4v) is 0.694. The number of amides is 1. The molecule has 0 heterocycles. The largest absolute Gasteiger partial charge is 0.351 e. The smallest absolute Gasteiger partial charge is 0.233 e. The molecule has 4 heteroatoms. The van der Waals surface area contributed by atoms with Gasteiger partial charge in [-0.05, 0) is 6.42 Å². The molecule has 0 aliphatic carbocycles. The van der Waals surface area contributed by atoms with Gasteiger partial charge in [-0.25, -0.2) is 0 Å². The first kappa shape index (κ1) is 9.92. The van der Waals surface area contributed by atoms with Crippen molar-refractivity contribution in [2.75, 3.05) is 6.54 Å². The Hall–Kier alpha value is -1.08. The van der Waals surface area contributed by atoms with Crippen LogP contribution in [-0.4, -0.2) is 18.5 Å². The van der Waals surface area contributed by atoms with Gasteiger partial charge in [0.2, 0.25) is 5.91 Å². The lowest BCUT2D eigenvalue weighted by Gasteiger charge is -2.11. The molecule has 0 rings (SSSR count). The van der Waals surface area contributed by atoms with E-state index in [0.29, 0.717) is 6.42 Å². The number of nitriles is 1. The molecule has 0 aromatic heterocycles. The van der Waals surface area contributed by atoms with E-state index >= 15 is 0 Å². The summed E-state index contributed by atoms with van der Waals surface area (Å²) in [4.78, 5) is 10.7. The van der Waals surface area contributed by atoms with Crippen LogP contribution in [0.2, 0.25) is 0 Å². The summed E-state index contributed by atoms with van der Waals surface area (Å²) >= 11 is 0. The van der Waals surface area contributed by atoms with Gasteiger partial charge in [0.15, 0.2) is 0 Å². The number of nitrogens with two attached hydrogens (primary N) is 1. The molecule has 0 saturated heterocycles. The molecule has 0 aromatic carbocycles. The first-order chi connectivity index (χ1) is 5.24. The van der Waals surface area contributed by atoms with E-state index in [9.17, 15) is 4.79 Å². The predicted octanol–water partition coefficient (Wildman–Crippen LogP) is -0.246. The highest BCUT2D eigenvalue weighted by molar-refractivity contribution is 5.78. The van der Waals surface area contributed by atoms with Crippen molar-refractivity contribution in [1.82, 2.24) is 5.32 Å². The van der Waals surface area contributed by atoms with Crippen LogP contribution < -0.4 is 11.1 Å². The second kappa shape index (κ2) is 5.69. The van der Waals surface area contributed by atoms with E-state index in [1.165, 1.54) is 0 Å². The number of hydrogen-bond donors (Lipinski definition) is 2. The lowest BCUT2D eigenvalue weighted by Crippen LogP contribution is -2.38. The fraction of sp³-hybridized carbons (Fsp3) is 0.714. The van der Waals surface area contributed by atoms with Gasteiger partial charge in [0, 0.05) is 6.04 Å². The van der Waals surface area contributed by atoms with E-state index in [2.05, 4.69) is 5.32 Å². The summed E-state index contributed by atoms with van der Waals surface area (Å²) in [5.74, 6) is -0.202. The monoisotopic (exact) mass is 155 g/mol. The van der Waals surface area contributed by atoms with Gasteiger partial charge in [-0.15, -0.1) is 0 Å². The van der Waals surface area contributed by atoms with Crippen molar-refractivity contribution >= 4 is 5.91 Å². The van der Waals surface area contributed by atoms with Crippen molar-refractivity contribution in [2.45, 2.75) is 25.8 Å². The van der Waals surface area contributed by atoms with Gasteiger partial charge < -0.3 is 11.1 Å². The van der Waals surface area contributed by atoms with Crippen LogP contribution in [0.5, 0.6) is 0 Å². The van der Waals surface area contributed by atoms with Crippen LogP contribution in [0.3, 0.4) is 0 Å². The van der Waals surface area contributed by atoms with Crippen molar-refractivity contribution in [1.29, 1.82) is 5.26 Å². The summed E-state index contributed by atoms with van der Waals surface area (Å²) in [5.41, 5.74) is 5.08. The molecule has 11 heavy (non-hydrogen) atoms. The fourth-order valence-electron chi connectivity index (χ4n) is 0.694. The molecule has 0 spiro atoms. The molecule has 1 amide bonds.